The van der Waals surface area contributed by atoms with E-state index in [0.29, 0.717) is 6.54 Å². The van der Waals surface area contributed by atoms with Gasteiger partial charge in [-0.1, -0.05) is 6.92 Å². The first-order valence-electron chi connectivity index (χ1n) is 3.71. The van der Waals surface area contributed by atoms with E-state index in [9.17, 15) is 8.42 Å². The molecule has 2 unspecified atom stereocenters. The summed E-state index contributed by atoms with van der Waals surface area (Å²) in [5.41, 5.74) is 0. The summed E-state index contributed by atoms with van der Waals surface area (Å²) in [4.78, 5) is 0. The van der Waals surface area contributed by atoms with Crippen LogP contribution in [0.25, 0.3) is 0 Å². The average molecular weight is 179 g/mol. The van der Waals surface area contributed by atoms with Crippen LogP contribution in [0.15, 0.2) is 0 Å². The molecule has 1 heterocycles. The monoisotopic (exact) mass is 179 g/mol. The summed E-state index contributed by atoms with van der Waals surface area (Å²) in [5, 5.41) is 2.02. The predicted molar refractivity (Wildman–Crippen MR) is 41.7 cm³/mol. The second-order valence-corrected chi connectivity index (χ2v) is 4.55. The Labute approximate surface area is 66.7 Å². The molecule has 2 atom stereocenters. The summed E-state index contributed by atoms with van der Waals surface area (Å²) in [7, 11) is -3.89. The van der Waals surface area contributed by atoms with E-state index in [1.807, 2.05) is 6.92 Å². The lowest BCUT2D eigenvalue weighted by Crippen LogP contribution is -2.45. The first-order valence-corrected chi connectivity index (χ1v) is 5.22. The maximum absolute atomic E-state index is 10.7. The van der Waals surface area contributed by atoms with Gasteiger partial charge in [-0.2, -0.15) is 8.42 Å². The normalized spacial score (nSPS) is 33.6. The molecule has 1 aliphatic heterocycles. The van der Waals surface area contributed by atoms with Gasteiger partial charge >= 0.3 is 0 Å². The number of nitrogens with one attached hydrogen (secondary N) is 1. The largest absolute Gasteiger partial charge is 0.299 e. The summed E-state index contributed by atoms with van der Waals surface area (Å²) < 4.78 is 30.1. The van der Waals surface area contributed by atoms with E-state index < -0.39 is 15.5 Å². The lowest BCUT2D eigenvalue weighted by Gasteiger charge is -2.27. The van der Waals surface area contributed by atoms with Gasteiger partial charge in [-0.3, -0.25) is 9.87 Å². The van der Waals surface area contributed by atoms with Crippen molar-refractivity contribution in [1.82, 2.24) is 5.32 Å². The summed E-state index contributed by atoms with van der Waals surface area (Å²) in [6, 6.07) is 0. The van der Waals surface area contributed by atoms with Gasteiger partial charge in [0.2, 0.25) is 0 Å². The zero-order valence-corrected chi connectivity index (χ0v) is 7.26. The van der Waals surface area contributed by atoms with Crippen LogP contribution in [-0.4, -0.2) is 24.9 Å². The summed E-state index contributed by atoms with van der Waals surface area (Å²) in [6.07, 6.45) is 1.84. The molecular weight excluding hydrogens is 166 g/mol. The van der Waals surface area contributed by atoms with E-state index in [4.69, 9.17) is 4.55 Å². The summed E-state index contributed by atoms with van der Waals surface area (Å²) in [5.74, 6) is 0.0127. The fourth-order valence-corrected chi connectivity index (χ4v) is 2.47. The highest BCUT2D eigenvalue weighted by Gasteiger charge is 2.30. The molecule has 4 nitrogen and oxygen atoms in total. The third kappa shape index (κ3) is 2.15. The van der Waals surface area contributed by atoms with Crippen LogP contribution in [0.5, 0.6) is 0 Å². The van der Waals surface area contributed by atoms with Crippen molar-refractivity contribution in [2.45, 2.75) is 25.1 Å². The number of hydrogen-bond acceptors (Lipinski definition) is 3. The molecule has 1 saturated heterocycles. The van der Waals surface area contributed by atoms with E-state index in [1.54, 1.807) is 0 Å². The van der Waals surface area contributed by atoms with E-state index in [1.165, 1.54) is 0 Å². The van der Waals surface area contributed by atoms with E-state index in [0.717, 1.165) is 12.8 Å². The third-order valence-corrected chi connectivity index (χ3v) is 3.29. The Bertz CT molecular complexity index is 224. The highest BCUT2D eigenvalue weighted by atomic mass is 32.2. The minimum Gasteiger partial charge on any atom is -0.299 e. The fraction of sp³-hybridized carbons (Fsp3) is 1.00. The molecule has 2 N–H and O–H groups in total. The Morgan fingerprint density at radius 1 is 1.55 bits per heavy atom. The molecule has 66 valence electrons. The van der Waals surface area contributed by atoms with Crippen molar-refractivity contribution in [1.29, 1.82) is 0 Å². The second kappa shape index (κ2) is 3.08. The zero-order valence-electron chi connectivity index (χ0n) is 6.45. The minimum absolute atomic E-state index is 0.0127. The van der Waals surface area contributed by atoms with Crippen molar-refractivity contribution in [3.8, 4) is 0 Å². The maximum atomic E-state index is 10.7. The highest BCUT2D eigenvalue weighted by Crippen LogP contribution is 2.18. The van der Waals surface area contributed by atoms with Crippen molar-refractivity contribution in [2.24, 2.45) is 5.92 Å². The van der Waals surface area contributed by atoms with Crippen molar-refractivity contribution < 1.29 is 13.0 Å². The van der Waals surface area contributed by atoms with E-state index >= 15 is 0 Å². The molecule has 0 aromatic carbocycles. The smallest absolute Gasteiger partial charge is 0.281 e. The fourth-order valence-electron chi connectivity index (χ4n) is 1.42. The van der Waals surface area contributed by atoms with Crippen molar-refractivity contribution >= 4 is 10.1 Å². The van der Waals surface area contributed by atoms with Crippen molar-refractivity contribution in [3.63, 3.8) is 0 Å². The molecule has 0 spiro atoms. The topological polar surface area (TPSA) is 66.4 Å². The van der Waals surface area contributed by atoms with Crippen LogP contribution in [0.3, 0.4) is 0 Å². The minimum atomic E-state index is -3.89. The zero-order chi connectivity index (χ0) is 8.48. The van der Waals surface area contributed by atoms with E-state index in [2.05, 4.69) is 5.32 Å². The van der Waals surface area contributed by atoms with Gasteiger partial charge in [0, 0.05) is 0 Å². The van der Waals surface area contributed by atoms with Gasteiger partial charge in [0.1, 0.15) is 5.37 Å². The molecule has 1 fully saturated rings. The summed E-state index contributed by atoms with van der Waals surface area (Å²) in [6.45, 7) is 2.50. The number of rotatable bonds is 1. The number of hydrogen-bond donors (Lipinski definition) is 2. The molecule has 0 amide bonds. The first kappa shape index (κ1) is 8.96. The molecule has 0 saturated carbocycles. The van der Waals surface area contributed by atoms with Crippen LogP contribution in [0, 0.1) is 5.92 Å². The SMILES string of the molecule is CC1CCCNC1S(=O)(=O)O. The Hall–Kier alpha value is -0.130. The Morgan fingerprint density at radius 3 is 2.55 bits per heavy atom. The van der Waals surface area contributed by atoms with Gasteiger partial charge < -0.3 is 0 Å². The summed E-state index contributed by atoms with van der Waals surface area (Å²) >= 11 is 0. The second-order valence-electron chi connectivity index (χ2n) is 3.01. The van der Waals surface area contributed by atoms with E-state index in [-0.39, 0.29) is 5.92 Å². The van der Waals surface area contributed by atoms with Gasteiger partial charge in [-0.25, -0.2) is 0 Å². The van der Waals surface area contributed by atoms with Crippen LogP contribution in [0.2, 0.25) is 0 Å². The highest BCUT2D eigenvalue weighted by molar-refractivity contribution is 7.86. The molecular formula is C6H13NO3S. The number of piperidine rings is 1. The Kier molecular flexibility index (Phi) is 2.51. The molecule has 1 aliphatic rings. The lowest BCUT2D eigenvalue weighted by atomic mass is 10.0. The molecule has 0 radical (unpaired) electrons. The van der Waals surface area contributed by atoms with Crippen molar-refractivity contribution in [3.05, 3.63) is 0 Å². The molecule has 0 bridgehead atoms. The first-order chi connectivity index (χ1) is 5.02. The van der Waals surface area contributed by atoms with Crippen LogP contribution < -0.4 is 5.32 Å². The molecule has 11 heavy (non-hydrogen) atoms. The van der Waals surface area contributed by atoms with Gasteiger partial charge in [-0.15, -0.1) is 0 Å². The average Bonchev–Trinajstić information content (AvgIpc) is 1.86. The maximum Gasteiger partial charge on any atom is 0.281 e. The van der Waals surface area contributed by atoms with Crippen LogP contribution in [0.1, 0.15) is 19.8 Å². The van der Waals surface area contributed by atoms with Gasteiger partial charge in [0.05, 0.1) is 0 Å². The molecule has 1 rings (SSSR count). The molecule has 0 aromatic rings. The van der Waals surface area contributed by atoms with Crippen LogP contribution in [0.4, 0.5) is 0 Å². The van der Waals surface area contributed by atoms with Gasteiger partial charge in [0.15, 0.2) is 0 Å². The molecule has 0 aromatic heterocycles. The Morgan fingerprint density at radius 2 is 2.18 bits per heavy atom. The van der Waals surface area contributed by atoms with Crippen LogP contribution in [-0.2, 0) is 10.1 Å². The van der Waals surface area contributed by atoms with Crippen molar-refractivity contribution in [2.75, 3.05) is 6.54 Å². The standard InChI is InChI=1S/C6H13NO3S/c1-5-3-2-4-7-6(5)11(8,9)10/h5-7H,2-4H2,1H3,(H,8,9,10). The van der Waals surface area contributed by atoms with Gasteiger partial charge in [0.25, 0.3) is 10.1 Å². The van der Waals surface area contributed by atoms with Gasteiger partial charge in [-0.05, 0) is 25.3 Å². The van der Waals surface area contributed by atoms with Crippen LogP contribution >= 0.6 is 0 Å². The Balaban J connectivity index is 2.70. The molecule has 5 heteroatoms. The molecule has 0 aliphatic carbocycles. The lowest BCUT2D eigenvalue weighted by molar-refractivity contribution is 0.338. The predicted octanol–water partition coefficient (Wildman–Crippen LogP) is 0.220. The third-order valence-electron chi connectivity index (χ3n) is 2.02. The quantitative estimate of drug-likeness (QED) is 0.565.